The summed E-state index contributed by atoms with van der Waals surface area (Å²) in [6.07, 6.45) is 5.13. The van der Waals surface area contributed by atoms with Gasteiger partial charge in [0.05, 0.1) is 23.2 Å². The third kappa shape index (κ3) is 7.48. The fourth-order valence-electron chi connectivity index (χ4n) is 3.78. The highest BCUT2D eigenvalue weighted by atomic mass is 79.9. The van der Waals surface area contributed by atoms with Gasteiger partial charge in [0.1, 0.15) is 31.6 Å². The molecule has 4 aromatic rings. The average Bonchev–Trinajstić information content (AvgIpc) is 3.29. The van der Waals surface area contributed by atoms with Crippen LogP contribution >= 0.6 is 46.4 Å². The zero-order chi connectivity index (χ0) is 26.5. The zero-order valence-electron chi connectivity index (χ0n) is 19.5. The lowest BCUT2D eigenvalue weighted by molar-refractivity contribution is -0.687. The van der Waals surface area contributed by atoms with E-state index >= 15 is 0 Å². The maximum Gasteiger partial charge on any atom is 0.270 e. The molecule has 0 saturated carbocycles. The molecule has 0 radical (unpaired) electrons. The summed E-state index contributed by atoms with van der Waals surface area (Å²) in [5.74, 6) is 0. The first-order chi connectivity index (χ1) is 17.7. The Kier molecular flexibility index (Phi) is 10.6. The Hall–Kier alpha value is -2.64. The van der Waals surface area contributed by atoms with Gasteiger partial charge < -0.3 is 21.7 Å². The summed E-state index contributed by atoms with van der Waals surface area (Å²) in [5, 5.41) is 22.5. The van der Waals surface area contributed by atoms with Crippen molar-refractivity contribution in [1.82, 2.24) is 4.57 Å². The fourth-order valence-corrected chi connectivity index (χ4v) is 4.77. The van der Waals surface area contributed by atoms with Gasteiger partial charge in [-0.15, -0.1) is 0 Å². The normalized spacial score (nSPS) is 11.4. The predicted molar refractivity (Wildman–Crippen MR) is 142 cm³/mol. The number of benzene rings is 3. The second-order valence-corrected chi connectivity index (χ2v) is 9.88. The van der Waals surface area contributed by atoms with Gasteiger partial charge in [-0.1, -0.05) is 58.5 Å². The number of nitriles is 1. The number of hydrogen-bond acceptors (Lipinski definition) is 4. The number of rotatable bonds is 9. The molecule has 0 fully saturated rings. The van der Waals surface area contributed by atoms with Gasteiger partial charge in [-0.25, -0.2) is 9.13 Å². The minimum Gasteiger partial charge on any atom is -1.00 e. The van der Waals surface area contributed by atoms with Crippen LogP contribution in [0.3, 0.4) is 0 Å². The molecule has 0 bridgehead atoms. The molecule has 0 spiro atoms. The summed E-state index contributed by atoms with van der Waals surface area (Å²) in [7, 11) is 0. The third-order valence-electron chi connectivity index (χ3n) is 5.67. The molecular formula is C26H19BrCl4N4O3. The topological polar surface area (TPSA) is 85.0 Å². The quantitative estimate of drug-likeness (QED) is 0.154. The monoisotopic (exact) mass is 654 g/mol. The van der Waals surface area contributed by atoms with Crippen molar-refractivity contribution in [2.45, 2.75) is 25.8 Å². The van der Waals surface area contributed by atoms with Gasteiger partial charge in [0.25, 0.3) is 5.69 Å². The summed E-state index contributed by atoms with van der Waals surface area (Å²) < 4.78 is 10.1. The summed E-state index contributed by atoms with van der Waals surface area (Å²) in [5.41, 5.74) is 2.35. The van der Waals surface area contributed by atoms with E-state index in [1.807, 2.05) is 46.1 Å². The van der Waals surface area contributed by atoms with Crippen LogP contribution in [-0.4, -0.2) is 9.49 Å². The highest BCUT2D eigenvalue weighted by molar-refractivity contribution is 6.35. The van der Waals surface area contributed by atoms with Crippen LogP contribution in [0.25, 0.3) is 0 Å². The maximum atomic E-state index is 11.0. The van der Waals surface area contributed by atoms with E-state index < -0.39 is 11.0 Å². The molecule has 3 aromatic carbocycles. The van der Waals surface area contributed by atoms with E-state index in [2.05, 4.69) is 0 Å². The molecule has 4 rings (SSSR count). The lowest BCUT2D eigenvalue weighted by Gasteiger charge is -2.19. The highest BCUT2D eigenvalue weighted by Gasteiger charge is 2.21. The number of halogens is 5. The zero-order valence-corrected chi connectivity index (χ0v) is 24.1. The molecule has 1 atom stereocenters. The maximum absolute atomic E-state index is 11.0. The van der Waals surface area contributed by atoms with Crippen LogP contribution < -0.4 is 21.5 Å². The van der Waals surface area contributed by atoms with Crippen LogP contribution in [0.1, 0.15) is 28.4 Å². The molecule has 7 nitrogen and oxygen atoms in total. The highest BCUT2D eigenvalue weighted by Crippen LogP contribution is 2.31. The summed E-state index contributed by atoms with van der Waals surface area (Å²) in [6.45, 7) is 1.02. The van der Waals surface area contributed by atoms with Crippen LogP contribution in [0.2, 0.25) is 20.1 Å². The van der Waals surface area contributed by atoms with E-state index in [1.54, 1.807) is 30.3 Å². The number of imidazole rings is 1. The Morgan fingerprint density at radius 2 is 1.68 bits per heavy atom. The SMILES string of the molecule is N#Cc1cc([N+](=O)[O-])ccc1C[n+]1ccn(CC(OCc2ccc(Cl)cc2Cl)c2ccc(Cl)cc2Cl)c1.[Br-]. The van der Waals surface area contributed by atoms with Crippen molar-refractivity contribution in [3.8, 4) is 6.07 Å². The van der Waals surface area contributed by atoms with E-state index in [4.69, 9.17) is 51.1 Å². The summed E-state index contributed by atoms with van der Waals surface area (Å²) in [4.78, 5) is 10.5. The van der Waals surface area contributed by atoms with Crippen molar-refractivity contribution in [1.29, 1.82) is 5.26 Å². The Morgan fingerprint density at radius 3 is 2.34 bits per heavy atom. The van der Waals surface area contributed by atoms with Crippen molar-refractivity contribution in [3.05, 3.63) is 126 Å². The van der Waals surface area contributed by atoms with E-state index in [9.17, 15) is 15.4 Å². The summed E-state index contributed by atoms with van der Waals surface area (Å²) >= 11 is 24.9. The van der Waals surface area contributed by atoms with Gasteiger partial charge in [-0.05, 0) is 35.9 Å². The molecule has 0 aliphatic carbocycles. The molecule has 0 aliphatic heterocycles. The van der Waals surface area contributed by atoms with Crippen LogP contribution in [0.4, 0.5) is 5.69 Å². The van der Waals surface area contributed by atoms with Crippen molar-refractivity contribution >= 4 is 52.1 Å². The lowest BCUT2D eigenvalue weighted by Crippen LogP contribution is -3.00. The van der Waals surface area contributed by atoms with E-state index in [0.29, 0.717) is 38.7 Å². The van der Waals surface area contributed by atoms with Crippen LogP contribution in [0, 0.1) is 21.4 Å². The molecule has 0 saturated heterocycles. The molecule has 12 heteroatoms. The van der Waals surface area contributed by atoms with Gasteiger partial charge in [0.15, 0.2) is 0 Å². The van der Waals surface area contributed by atoms with Crippen LogP contribution in [0.5, 0.6) is 0 Å². The Bertz CT molecular complexity index is 1510. The van der Waals surface area contributed by atoms with Gasteiger partial charge in [0.2, 0.25) is 6.33 Å². The van der Waals surface area contributed by atoms with Crippen molar-refractivity contribution in [2.24, 2.45) is 0 Å². The Morgan fingerprint density at radius 1 is 1.00 bits per heavy atom. The van der Waals surface area contributed by atoms with E-state index in [0.717, 1.165) is 11.1 Å². The third-order valence-corrected chi connectivity index (χ3v) is 6.81. The molecule has 1 aromatic heterocycles. The molecule has 1 unspecified atom stereocenters. The molecular weight excluding hydrogens is 638 g/mol. The Balaban J connectivity index is 0.00000400. The van der Waals surface area contributed by atoms with E-state index in [-0.39, 0.29) is 34.8 Å². The minimum atomic E-state index is -0.520. The van der Waals surface area contributed by atoms with E-state index in [1.165, 1.54) is 12.1 Å². The lowest BCUT2D eigenvalue weighted by atomic mass is 10.1. The largest absolute Gasteiger partial charge is 1.00 e. The molecule has 0 N–H and O–H groups in total. The first kappa shape index (κ1) is 29.9. The second-order valence-electron chi connectivity index (χ2n) is 8.19. The first-order valence-corrected chi connectivity index (χ1v) is 12.5. The minimum absolute atomic E-state index is 0. The molecule has 1 heterocycles. The summed E-state index contributed by atoms with van der Waals surface area (Å²) in [6, 6.07) is 16.8. The molecule has 0 aliphatic rings. The van der Waals surface area contributed by atoms with Gasteiger partial charge >= 0.3 is 0 Å². The number of hydrogen-bond donors (Lipinski definition) is 0. The molecule has 196 valence electrons. The van der Waals surface area contributed by atoms with Gasteiger partial charge in [-0.3, -0.25) is 10.1 Å². The van der Waals surface area contributed by atoms with Gasteiger partial charge in [0, 0.05) is 43.4 Å². The number of nitro benzene ring substituents is 1. The Labute approximate surface area is 249 Å². The first-order valence-electron chi connectivity index (χ1n) is 11.0. The van der Waals surface area contributed by atoms with Gasteiger partial charge in [-0.2, -0.15) is 5.26 Å². The molecule has 38 heavy (non-hydrogen) atoms. The number of nitro groups is 1. The second kappa shape index (κ2) is 13.4. The van der Waals surface area contributed by atoms with Crippen molar-refractivity contribution < 1.29 is 31.2 Å². The number of ether oxygens (including phenoxy) is 1. The smallest absolute Gasteiger partial charge is 0.270 e. The van der Waals surface area contributed by atoms with Crippen LogP contribution in [-0.2, 0) is 24.4 Å². The fraction of sp³-hybridized carbons (Fsp3) is 0.154. The number of aromatic nitrogens is 2. The average molecular weight is 657 g/mol. The van der Waals surface area contributed by atoms with Crippen molar-refractivity contribution in [2.75, 3.05) is 0 Å². The number of non-ortho nitro benzene ring substituents is 1. The number of nitrogens with zero attached hydrogens (tertiary/aromatic N) is 4. The van der Waals surface area contributed by atoms with Crippen LogP contribution in [0.15, 0.2) is 73.3 Å². The standard InChI is InChI=1S/C26H19Cl4N4O3.BrH/c27-20-3-1-18(24(29)10-20)15-37-26(23-6-4-21(28)11-25(23)30)14-33-8-7-32(16-33)13-17-2-5-22(34(35)36)9-19(17)12-31;/h1-11,16,26H,13-15H2;1H/q+1;/p-1. The van der Waals surface area contributed by atoms with Crippen molar-refractivity contribution in [3.63, 3.8) is 0 Å². The predicted octanol–water partition coefficient (Wildman–Crippen LogP) is 4.18. The molecule has 0 amide bonds.